The molecule has 25 heavy (non-hydrogen) atoms. The minimum absolute atomic E-state index is 0.457. The van der Waals surface area contributed by atoms with E-state index in [1.807, 2.05) is 18.0 Å². The van der Waals surface area contributed by atoms with E-state index in [0.717, 1.165) is 47.9 Å². The first-order chi connectivity index (χ1) is 12.1. The van der Waals surface area contributed by atoms with Crippen LogP contribution < -0.4 is 10.7 Å². The van der Waals surface area contributed by atoms with Gasteiger partial charge >= 0.3 is 0 Å². The van der Waals surface area contributed by atoms with Crippen LogP contribution in [0.5, 0.6) is 0 Å². The predicted molar refractivity (Wildman–Crippen MR) is 99.2 cm³/mol. The number of hydrazine groups is 1. The molecule has 2 aliphatic heterocycles. The molecule has 2 aliphatic rings. The Hall–Kier alpha value is -2.49. The Balaban J connectivity index is 2.01. The normalized spacial score (nSPS) is 21.4. The molecule has 6 heteroatoms. The van der Waals surface area contributed by atoms with E-state index in [-0.39, 0.29) is 0 Å². The number of nitriles is 1. The molecule has 1 fully saturated rings. The third kappa shape index (κ3) is 3.78. The standard InChI is InChI=1S/C19H24N6/c1-13(2)25-19(24-14(3)16-5-4-6-21-10-16)18(12-23-25)17-7-15(8-20)9-22-11-17/h7,9,11,16,21,23H,1,4-6,10,12H2,2-3H3/b24-14+. The first kappa shape index (κ1) is 17.3. The van der Waals surface area contributed by atoms with Gasteiger partial charge in [-0.25, -0.2) is 10.4 Å². The van der Waals surface area contributed by atoms with Gasteiger partial charge in [0.1, 0.15) is 6.07 Å². The number of nitrogens with one attached hydrogen (secondary N) is 2. The first-order valence-corrected chi connectivity index (χ1v) is 8.64. The highest BCUT2D eigenvalue weighted by atomic mass is 15.6. The van der Waals surface area contributed by atoms with Gasteiger partial charge < -0.3 is 5.32 Å². The van der Waals surface area contributed by atoms with Gasteiger partial charge in [-0.3, -0.25) is 9.99 Å². The summed E-state index contributed by atoms with van der Waals surface area (Å²) in [6.45, 7) is 10.8. The molecule has 1 aromatic rings. The maximum Gasteiger partial charge on any atom is 0.152 e. The van der Waals surface area contributed by atoms with Crippen LogP contribution in [0, 0.1) is 17.2 Å². The maximum atomic E-state index is 9.15. The molecule has 0 radical (unpaired) electrons. The molecule has 0 saturated carbocycles. The lowest BCUT2D eigenvalue weighted by Crippen LogP contribution is -2.34. The van der Waals surface area contributed by atoms with E-state index < -0.39 is 0 Å². The molecule has 1 saturated heterocycles. The molecular formula is C19H24N6. The zero-order valence-electron chi connectivity index (χ0n) is 14.8. The van der Waals surface area contributed by atoms with E-state index in [9.17, 15) is 0 Å². The fourth-order valence-corrected chi connectivity index (χ4v) is 3.24. The van der Waals surface area contributed by atoms with Gasteiger partial charge in [-0.2, -0.15) is 5.26 Å². The Labute approximate surface area is 148 Å². The first-order valence-electron chi connectivity index (χ1n) is 8.64. The number of nitrogens with zero attached hydrogens (tertiary/aromatic N) is 4. The Morgan fingerprint density at radius 1 is 1.44 bits per heavy atom. The van der Waals surface area contributed by atoms with E-state index in [0.29, 0.717) is 18.0 Å². The molecule has 6 nitrogen and oxygen atoms in total. The molecule has 0 spiro atoms. The zero-order valence-corrected chi connectivity index (χ0v) is 14.8. The second-order valence-corrected chi connectivity index (χ2v) is 6.58. The number of aromatic nitrogens is 1. The van der Waals surface area contributed by atoms with Crippen molar-refractivity contribution in [1.29, 1.82) is 5.26 Å². The Morgan fingerprint density at radius 2 is 2.28 bits per heavy atom. The summed E-state index contributed by atoms with van der Waals surface area (Å²) in [5.41, 5.74) is 7.84. The van der Waals surface area contributed by atoms with Crippen LogP contribution in [0.3, 0.4) is 0 Å². The minimum atomic E-state index is 0.457. The van der Waals surface area contributed by atoms with Crippen molar-refractivity contribution in [2.24, 2.45) is 10.9 Å². The van der Waals surface area contributed by atoms with Crippen LogP contribution in [0.2, 0.25) is 0 Å². The van der Waals surface area contributed by atoms with Crippen LogP contribution in [0.25, 0.3) is 5.57 Å². The minimum Gasteiger partial charge on any atom is -0.316 e. The lowest BCUT2D eigenvalue weighted by atomic mass is 9.95. The quantitative estimate of drug-likeness (QED) is 0.826. The number of piperidine rings is 1. The molecule has 1 unspecified atom stereocenters. The number of allylic oxidation sites excluding steroid dienone is 1. The molecular weight excluding hydrogens is 312 g/mol. The van der Waals surface area contributed by atoms with E-state index in [4.69, 9.17) is 10.3 Å². The van der Waals surface area contributed by atoms with Crippen molar-refractivity contribution in [3.8, 4) is 6.07 Å². The van der Waals surface area contributed by atoms with Gasteiger partial charge in [-0.05, 0) is 39.3 Å². The summed E-state index contributed by atoms with van der Waals surface area (Å²) in [5, 5.41) is 14.5. The third-order valence-electron chi connectivity index (χ3n) is 4.66. The highest BCUT2D eigenvalue weighted by molar-refractivity contribution is 5.87. The zero-order chi connectivity index (χ0) is 17.8. The second kappa shape index (κ2) is 7.60. The van der Waals surface area contributed by atoms with Crippen LogP contribution in [-0.4, -0.2) is 35.3 Å². The molecule has 3 rings (SSSR count). The third-order valence-corrected chi connectivity index (χ3v) is 4.66. The summed E-state index contributed by atoms with van der Waals surface area (Å²) in [6.07, 6.45) is 5.70. The average Bonchev–Trinajstić information content (AvgIpc) is 3.06. The molecule has 1 aromatic heterocycles. The topological polar surface area (TPSA) is 76.3 Å². The summed E-state index contributed by atoms with van der Waals surface area (Å²) < 4.78 is 0. The number of hydrogen-bond acceptors (Lipinski definition) is 6. The van der Waals surface area contributed by atoms with E-state index in [1.54, 1.807) is 12.4 Å². The Kier molecular flexibility index (Phi) is 5.27. The van der Waals surface area contributed by atoms with Crippen molar-refractivity contribution in [3.63, 3.8) is 0 Å². The largest absolute Gasteiger partial charge is 0.316 e. The molecule has 3 heterocycles. The van der Waals surface area contributed by atoms with Crippen molar-refractivity contribution >= 4 is 11.3 Å². The van der Waals surface area contributed by atoms with Crippen LogP contribution in [-0.2, 0) is 0 Å². The van der Waals surface area contributed by atoms with Gasteiger partial charge in [0.25, 0.3) is 0 Å². The monoisotopic (exact) mass is 336 g/mol. The van der Waals surface area contributed by atoms with Gasteiger partial charge in [-0.15, -0.1) is 0 Å². The Bertz CT molecular complexity index is 764. The summed E-state index contributed by atoms with van der Waals surface area (Å²) >= 11 is 0. The molecule has 0 amide bonds. The van der Waals surface area contributed by atoms with Crippen molar-refractivity contribution in [3.05, 3.63) is 47.7 Å². The summed E-state index contributed by atoms with van der Waals surface area (Å²) in [4.78, 5) is 9.15. The predicted octanol–water partition coefficient (Wildman–Crippen LogP) is 2.44. The second-order valence-electron chi connectivity index (χ2n) is 6.58. The van der Waals surface area contributed by atoms with Gasteiger partial charge in [0, 0.05) is 53.9 Å². The highest BCUT2D eigenvalue weighted by Gasteiger charge is 2.25. The van der Waals surface area contributed by atoms with Crippen LogP contribution in [0.1, 0.15) is 37.8 Å². The van der Waals surface area contributed by atoms with Crippen LogP contribution >= 0.6 is 0 Å². The molecule has 1 atom stereocenters. The summed E-state index contributed by atoms with van der Waals surface area (Å²) in [6, 6.07) is 4.01. The van der Waals surface area contributed by atoms with Crippen molar-refractivity contribution in [2.75, 3.05) is 19.6 Å². The fraction of sp³-hybridized carbons (Fsp3) is 0.421. The van der Waals surface area contributed by atoms with Crippen LogP contribution in [0.15, 0.2) is 41.5 Å². The van der Waals surface area contributed by atoms with Crippen LogP contribution in [0.4, 0.5) is 0 Å². The van der Waals surface area contributed by atoms with E-state index in [2.05, 4.69) is 35.3 Å². The van der Waals surface area contributed by atoms with E-state index >= 15 is 0 Å². The van der Waals surface area contributed by atoms with Crippen molar-refractivity contribution < 1.29 is 0 Å². The van der Waals surface area contributed by atoms with Gasteiger partial charge in [0.2, 0.25) is 0 Å². The van der Waals surface area contributed by atoms with Crippen molar-refractivity contribution in [2.45, 2.75) is 26.7 Å². The summed E-state index contributed by atoms with van der Waals surface area (Å²) in [5.74, 6) is 1.31. The number of aliphatic imine (C=N–C) groups is 1. The maximum absolute atomic E-state index is 9.15. The lowest BCUT2D eigenvalue weighted by molar-refractivity contribution is 0.353. The van der Waals surface area contributed by atoms with Gasteiger partial charge in [0.15, 0.2) is 5.82 Å². The smallest absolute Gasteiger partial charge is 0.152 e. The molecule has 0 aromatic carbocycles. The number of hydrogen-bond donors (Lipinski definition) is 2. The SMILES string of the molecule is C=C(C)N1NCC(c2cncc(C#N)c2)=C1/N=C(\C)C1CCCNC1. The lowest BCUT2D eigenvalue weighted by Gasteiger charge is -2.24. The average molecular weight is 336 g/mol. The molecule has 130 valence electrons. The molecule has 2 N–H and O–H groups in total. The van der Waals surface area contributed by atoms with Gasteiger partial charge in [0.05, 0.1) is 5.56 Å². The number of rotatable bonds is 4. The molecule has 0 aliphatic carbocycles. The van der Waals surface area contributed by atoms with Crippen molar-refractivity contribution in [1.82, 2.24) is 20.7 Å². The molecule has 0 bridgehead atoms. The van der Waals surface area contributed by atoms with Gasteiger partial charge in [-0.1, -0.05) is 6.58 Å². The highest BCUT2D eigenvalue weighted by Crippen LogP contribution is 2.29. The summed E-state index contributed by atoms with van der Waals surface area (Å²) in [7, 11) is 0. The fourth-order valence-electron chi connectivity index (χ4n) is 3.24. The van der Waals surface area contributed by atoms with E-state index in [1.165, 1.54) is 6.42 Å². The number of pyridine rings is 1. The Morgan fingerprint density at radius 3 is 2.96 bits per heavy atom.